The number of hydrogen-bond donors (Lipinski definition) is 1. The fraction of sp³-hybridized carbons (Fsp3) is 0.526. The standard InChI is InChI=1S/C19H27NO2/c1-2-3-15-22-18-11-9-16(10-12-18)13-14-20-19(21)17-7-5-4-6-8-17/h4-5,9-12,17H,2-3,6-8,13-15H2,1H3,(H,20,21)/t17-/m1/s1. The Morgan fingerprint density at radius 2 is 2.09 bits per heavy atom. The van der Waals surface area contributed by atoms with E-state index in [0.29, 0.717) is 6.54 Å². The lowest BCUT2D eigenvalue weighted by Gasteiger charge is -2.17. The minimum Gasteiger partial charge on any atom is -0.494 e. The van der Waals surface area contributed by atoms with E-state index < -0.39 is 0 Å². The lowest BCUT2D eigenvalue weighted by molar-refractivity contribution is -0.125. The summed E-state index contributed by atoms with van der Waals surface area (Å²) < 4.78 is 5.65. The third kappa shape index (κ3) is 5.55. The highest BCUT2D eigenvalue weighted by Gasteiger charge is 2.17. The average Bonchev–Trinajstić information content (AvgIpc) is 2.57. The third-order valence-electron chi connectivity index (χ3n) is 4.04. The number of ether oxygens (including phenoxy) is 1. The number of carbonyl (C=O) groups excluding carboxylic acids is 1. The molecule has 1 aromatic rings. The van der Waals surface area contributed by atoms with Crippen LogP contribution in [0.4, 0.5) is 0 Å². The fourth-order valence-electron chi connectivity index (χ4n) is 2.59. The Labute approximate surface area is 133 Å². The number of amides is 1. The SMILES string of the molecule is CCCCOc1ccc(CCNC(=O)[C@@H]2CC=CCC2)cc1. The molecule has 1 amide bonds. The van der Waals surface area contributed by atoms with Gasteiger partial charge in [0.2, 0.25) is 5.91 Å². The van der Waals surface area contributed by atoms with E-state index in [4.69, 9.17) is 4.74 Å². The fourth-order valence-corrected chi connectivity index (χ4v) is 2.59. The van der Waals surface area contributed by atoms with Gasteiger partial charge in [-0.1, -0.05) is 37.6 Å². The molecule has 1 aliphatic carbocycles. The van der Waals surface area contributed by atoms with Crippen LogP contribution in [-0.4, -0.2) is 19.1 Å². The average molecular weight is 301 g/mol. The highest BCUT2D eigenvalue weighted by atomic mass is 16.5. The molecule has 22 heavy (non-hydrogen) atoms. The highest BCUT2D eigenvalue weighted by Crippen LogP contribution is 2.18. The lowest BCUT2D eigenvalue weighted by Crippen LogP contribution is -2.32. The maximum absolute atomic E-state index is 12.0. The Morgan fingerprint density at radius 3 is 2.77 bits per heavy atom. The van der Waals surface area contributed by atoms with E-state index in [1.54, 1.807) is 0 Å². The van der Waals surface area contributed by atoms with E-state index in [-0.39, 0.29) is 11.8 Å². The second-order valence-corrected chi connectivity index (χ2v) is 5.87. The molecule has 0 unspecified atom stereocenters. The number of hydrogen-bond acceptors (Lipinski definition) is 2. The summed E-state index contributed by atoms with van der Waals surface area (Å²) in [6, 6.07) is 8.19. The molecule has 0 aromatic heterocycles. The van der Waals surface area contributed by atoms with Gasteiger partial charge in [-0.25, -0.2) is 0 Å². The first-order valence-electron chi connectivity index (χ1n) is 8.44. The second-order valence-electron chi connectivity index (χ2n) is 5.87. The van der Waals surface area contributed by atoms with Crippen molar-refractivity contribution in [3.63, 3.8) is 0 Å². The van der Waals surface area contributed by atoms with Gasteiger partial charge in [-0.2, -0.15) is 0 Å². The van der Waals surface area contributed by atoms with Gasteiger partial charge < -0.3 is 10.1 Å². The van der Waals surface area contributed by atoms with Gasteiger partial charge in [0, 0.05) is 12.5 Å². The summed E-state index contributed by atoms with van der Waals surface area (Å²) in [6.07, 6.45) is 10.3. The van der Waals surface area contributed by atoms with Crippen LogP contribution in [-0.2, 0) is 11.2 Å². The van der Waals surface area contributed by atoms with Crippen molar-refractivity contribution >= 4 is 5.91 Å². The highest BCUT2D eigenvalue weighted by molar-refractivity contribution is 5.78. The van der Waals surface area contributed by atoms with Gasteiger partial charge in [-0.15, -0.1) is 0 Å². The van der Waals surface area contributed by atoms with Gasteiger partial charge in [0.1, 0.15) is 5.75 Å². The van der Waals surface area contributed by atoms with Gasteiger partial charge in [-0.3, -0.25) is 4.79 Å². The summed E-state index contributed by atoms with van der Waals surface area (Å²) in [5.41, 5.74) is 1.23. The molecule has 0 saturated carbocycles. The number of allylic oxidation sites excluding steroid dienone is 2. The van der Waals surface area contributed by atoms with Crippen LogP contribution in [0.3, 0.4) is 0 Å². The summed E-state index contributed by atoms with van der Waals surface area (Å²) in [7, 11) is 0. The summed E-state index contributed by atoms with van der Waals surface area (Å²) in [5, 5.41) is 3.05. The second kappa shape index (κ2) is 9.29. The van der Waals surface area contributed by atoms with Crippen molar-refractivity contribution in [2.45, 2.75) is 45.4 Å². The van der Waals surface area contributed by atoms with Crippen molar-refractivity contribution < 1.29 is 9.53 Å². The van der Waals surface area contributed by atoms with Gasteiger partial charge in [0.05, 0.1) is 6.61 Å². The minimum atomic E-state index is 0.166. The van der Waals surface area contributed by atoms with E-state index in [9.17, 15) is 4.79 Å². The van der Waals surface area contributed by atoms with Crippen LogP contribution in [0.15, 0.2) is 36.4 Å². The van der Waals surface area contributed by atoms with Crippen LogP contribution < -0.4 is 10.1 Å². The van der Waals surface area contributed by atoms with Gasteiger partial charge in [0.15, 0.2) is 0 Å². The predicted octanol–water partition coefficient (Wildman–Crippen LogP) is 3.88. The molecular formula is C19H27NO2. The smallest absolute Gasteiger partial charge is 0.223 e. The molecule has 0 saturated heterocycles. The number of rotatable bonds is 8. The Balaban J connectivity index is 1.68. The number of benzene rings is 1. The van der Waals surface area contributed by atoms with Crippen molar-refractivity contribution in [2.24, 2.45) is 5.92 Å². The Morgan fingerprint density at radius 1 is 1.27 bits per heavy atom. The molecule has 120 valence electrons. The zero-order valence-corrected chi connectivity index (χ0v) is 13.5. The first-order valence-corrected chi connectivity index (χ1v) is 8.44. The molecule has 2 rings (SSSR count). The molecule has 0 heterocycles. The number of nitrogens with one attached hydrogen (secondary N) is 1. The zero-order valence-electron chi connectivity index (χ0n) is 13.5. The Kier molecular flexibility index (Phi) is 7.01. The minimum absolute atomic E-state index is 0.166. The maximum Gasteiger partial charge on any atom is 0.223 e. The van der Waals surface area contributed by atoms with E-state index >= 15 is 0 Å². The predicted molar refractivity (Wildman–Crippen MR) is 90.0 cm³/mol. The largest absolute Gasteiger partial charge is 0.494 e. The molecule has 3 nitrogen and oxygen atoms in total. The number of unbranched alkanes of at least 4 members (excludes halogenated alkanes) is 1. The molecule has 0 aliphatic heterocycles. The van der Waals surface area contributed by atoms with E-state index in [2.05, 4.69) is 36.5 Å². The molecule has 0 fully saturated rings. The van der Waals surface area contributed by atoms with Crippen LogP contribution in [0.2, 0.25) is 0 Å². The van der Waals surface area contributed by atoms with Gasteiger partial charge in [0.25, 0.3) is 0 Å². The lowest BCUT2D eigenvalue weighted by atomic mass is 9.93. The normalized spacial score (nSPS) is 17.2. The van der Waals surface area contributed by atoms with Crippen LogP contribution in [0.1, 0.15) is 44.6 Å². The van der Waals surface area contributed by atoms with Crippen molar-refractivity contribution in [2.75, 3.05) is 13.2 Å². The topological polar surface area (TPSA) is 38.3 Å². The van der Waals surface area contributed by atoms with E-state index in [0.717, 1.165) is 50.9 Å². The summed E-state index contributed by atoms with van der Waals surface area (Å²) in [6.45, 7) is 3.64. The van der Waals surface area contributed by atoms with Crippen LogP contribution in [0.5, 0.6) is 5.75 Å². The molecule has 1 N–H and O–H groups in total. The Hall–Kier alpha value is -1.77. The van der Waals surface area contributed by atoms with E-state index in [1.807, 2.05) is 12.1 Å². The van der Waals surface area contributed by atoms with Crippen LogP contribution >= 0.6 is 0 Å². The summed E-state index contributed by atoms with van der Waals surface area (Å²) >= 11 is 0. The van der Waals surface area contributed by atoms with Crippen molar-refractivity contribution in [3.05, 3.63) is 42.0 Å². The molecular weight excluding hydrogens is 274 g/mol. The van der Waals surface area contributed by atoms with Gasteiger partial charge in [-0.05, 0) is 49.8 Å². The number of carbonyl (C=O) groups is 1. The quantitative estimate of drug-likeness (QED) is 0.584. The van der Waals surface area contributed by atoms with Crippen LogP contribution in [0, 0.1) is 5.92 Å². The molecule has 1 aromatic carbocycles. The molecule has 1 atom stereocenters. The van der Waals surface area contributed by atoms with Gasteiger partial charge >= 0.3 is 0 Å². The van der Waals surface area contributed by atoms with Crippen molar-refractivity contribution in [1.29, 1.82) is 0 Å². The first kappa shape index (κ1) is 16.6. The monoisotopic (exact) mass is 301 g/mol. The first-order chi connectivity index (χ1) is 10.8. The maximum atomic E-state index is 12.0. The third-order valence-corrected chi connectivity index (χ3v) is 4.04. The Bertz CT molecular complexity index is 479. The van der Waals surface area contributed by atoms with Crippen LogP contribution in [0.25, 0.3) is 0 Å². The zero-order chi connectivity index (χ0) is 15.6. The summed E-state index contributed by atoms with van der Waals surface area (Å²) in [4.78, 5) is 12.0. The summed E-state index contributed by atoms with van der Waals surface area (Å²) in [5.74, 6) is 1.29. The molecule has 0 bridgehead atoms. The molecule has 0 radical (unpaired) electrons. The van der Waals surface area contributed by atoms with Crippen molar-refractivity contribution in [3.8, 4) is 5.75 Å². The van der Waals surface area contributed by atoms with E-state index in [1.165, 1.54) is 5.56 Å². The molecule has 3 heteroatoms. The molecule has 0 spiro atoms. The molecule has 1 aliphatic rings. The van der Waals surface area contributed by atoms with Crippen molar-refractivity contribution in [1.82, 2.24) is 5.32 Å².